The Balaban J connectivity index is 1.36. The van der Waals surface area contributed by atoms with Crippen molar-refractivity contribution in [1.82, 2.24) is 9.13 Å². The number of benzene rings is 6. The molecule has 8 aromatic rings. The highest BCUT2D eigenvalue weighted by atomic mass is 15.3. The van der Waals surface area contributed by atoms with Gasteiger partial charge in [0.1, 0.15) is 5.82 Å². The molecular formula is C38H25N3. The summed E-state index contributed by atoms with van der Waals surface area (Å²) in [7, 11) is 0. The minimum atomic E-state index is 1.12. The van der Waals surface area contributed by atoms with E-state index in [2.05, 4.69) is 166 Å². The summed E-state index contributed by atoms with van der Waals surface area (Å²) in [6, 6.07) is 54.9. The van der Waals surface area contributed by atoms with Gasteiger partial charge in [-0.1, -0.05) is 97.1 Å². The second-order valence-corrected chi connectivity index (χ2v) is 10.7. The fraction of sp³-hybridized carbons (Fsp3) is 0. The van der Waals surface area contributed by atoms with Crippen LogP contribution >= 0.6 is 0 Å². The molecule has 0 saturated carbocycles. The molecule has 192 valence electrons. The SMILES string of the molecule is c1cc(N2c3ccccc3-c3ccccc3-n3c2cc2ccccc23)cc(-n2c3ccccc3c3ccccc32)c1. The van der Waals surface area contributed by atoms with Crippen LogP contribution in [0.25, 0.3) is 55.2 Å². The van der Waals surface area contributed by atoms with Crippen LogP contribution in [0, 0.1) is 0 Å². The monoisotopic (exact) mass is 523 g/mol. The van der Waals surface area contributed by atoms with Crippen LogP contribution < -0.4 is 4.90 Å². The number of nitrogens with zero attached hydrogens (tertiary/aromatic N) is 3. The summed E-state index contributed by atoms with van der Waals surface area (Å²) in [4.78, 5) is 2.42. The van der Waals surface area contributed by atoms with Crippen molar-refractivity contribution in [1.29, 1.82) is 0 Å². The largest absolute Gasteiger partial charge is 0.309 e. The Kier molecular flexibility index (Phi) is 4.61. The van der Waals surface area contributed by atoms with Gasteiger partial charge in [0.15, 0.2) is 0 Å². The van der Waals surface area contributed by atoms with Crippen LogP contribution in [0.5, 0.6) is 0 Å². The first-order valence-corrected chi connectivity index (χ1v) is 14.0. The van der Waals surface area contributed by atoms with Gasteiger partial charge in [0, 0.05) is 38.7 Å². The second-order valence-electron chi connectivity index (χ2n) is 10.7. The summed E-state index contributed by atoms with van der Waals surface area (Å²) in [6.07, 6.45) is 0. The summed E-state index contributed by atoms with van der Waals surface area (Å²) in [5.41, 5.74) is 10.7. The van der Waals surface area contributed by atoms with Gasteiger partial charge < -0.3 is 4.57 Å². The molecule has 0 bridgehead atoms. The minimum Gasteiger partial charge on any atom is -0.309 e. The summed E-state index contributed by atoms with van der Waals surface area (Å²) in [6.45, 7) is 0. The molecule has 1 aliphatic rings. The zero-order valence-corrected chi connectivity index (χ0v) is 22.3. The van der Waals surface area contributed by atoms with Crippen LogP contribution in [0.1, 0.15) is 0 Å². The van der Waals surface area contributed by atoms with Crippen LogP contribution in [0.3, 0.4) is 0 Å². The lowest BCUT2D eigenvalue weighted by atomic mass is 10.0. The van der Waals surface area contributed by atoms with Crippen LogP contribution in [0.15, 0.2) is 152 Å². The van der Waals surface area contributed by atoms with E-state index in [4.69, 9.17) is 0 Å². The van der Waals surface area contributed by atoms with Gasteiger partial charge in [-0.25, -0.2) is 0 Å². The molecule has 0 unspecified atom stereocenters. The molecule has 0 radical (unpaired) electrons. The maximum absolute atomic E-state index is 2.42. The number of aromatic nitrogens is 2. The molecule has 0 amide bonds. The average molecular weight is 524 g/mol. The zero-order valence-electron chi connectivity index (χ0n) is 22.3. The predicted molar refractivity (Wildman–Crippen MR) is 171 cm³/mol. The van der Waals surface area contributed by atoms with Gasteiger partial charge in [0.25, 0.3) is 0 Å². The Morgan fingerprint density at radius 2 is 0.927 bits per heavy atom. The van der Waals surface area contributed by atoms with Gasteiger partial charge >= 0.3 is 0 Å². The third-order valence-electron chi connectivity index (χ3n) is 8.43. The first-order chi connectivity index (χ1) is 20.4. The highest BCUT2D eigenvalue weighted by molar-refractivity contribution is 6.09. The van der Waals surface area contributed by atoms with Crippen molar-refractivity contribution in [3.8, 4) is 22.5 Å². The summed E-state index contributed by atoms with van der Waals surface area (Å²) < 4.78 is 4.81. The third kappa shape index (κ3) is 3.14. The predicted octanol–water partition coefficient (Wildman–Crippen LogP) is 10.2. The normalized spacial score (nSPS) is 12.3. The van der Waals surface area contributed by atoms with Crippen LogP contribution in [-0.2, 0) is 0 Å². The van der Waals surface area contributed by atoms with Crippen molar-refractivity contribution < 1.29 is 0 Å². The van der Waals surface area contributed by atoms with E-state index in [1.54, 1.807) is 0 Å². The topological polar surface area (TPSA) is 13.1 Å². The molecule has 0 aliphatic carbocycles. The molecule has 9 rings (SSSR count). The van der Waals surface area contributed by atoms with Crippen molar-refractivity contribution in [2.24, 2.45) is 0 Å². The smallest absolute Gasteiger partial charge is 0.123 e. The fourth-order valence-electron chi connectivity index (χ4n) is 6.72. The van der Waals surface area contributed by atoms with Crippen molar-refractivity contribution in [2.75, 3.05) is 4.90 Å². The second kappa shape index (κ2) is 8.48. The highest BCUT2D eigenvalue weighted by Crippen LogP contribution is 2.49. The van der Waals surface area contributed by atoms with Gasteiger partial charge in [-0.2, -0.15) is 0 Å². The van der Waals surface area contributed by atoms with Gasteiger partial charge in [0.2, 0.25) is 0 Å². The van der Waals surface area contributed by atoms with E-state index in [1.807, 2.05) is 0 Å². The van der Waals surface area contributed by atoms with Gasteiger partial charge in [-0.15, -0.1) is 0 Å². The minimum absolute atomic E-state index is 1.12. The summed E-state index contributed by atoms with van der Waals surface area (Å²) >= 11 is 0. The molecule has 0 fully saturated rings. The molecule has 3 heterocycles. The molecule has 3 nitrogen and oxygen atoms in total. The fourth-order valence-corrected chi connectivity index (χ4v) is 6.72. The number of fused-ring (bicyclic) bond motifs is 10. The van der Waals surface area contributed by atoms with E-state index in [1.165, 1.54) is 55.2 Å². The van der Waals surface area contributed by atoms with E-state index in [9.17, 15) is 0 Å². The Morgan fingerprint density at radius 3 is 1.68 bits per heavy atom. The lowest BCUT2D eigenvalue weighted by Gasteiger charge is -2.26. The number of para-hydroxylation sites is 5. The molecule has 3 heteroatoms. The molecule has 0 N–H and O–H groups in total. The van der Waals surface area contributed by atoms with Crippen LogP contribution in [0.2, 0.25) is 0 Å². The van der Waals surface area contributed by atoms with Crippen molar-refractivity contribution in [2.45, 2.75) is 0 Å². The van der Waals surface area contributed by atoms with Crippen molar-refractivity contribution >= 4 is 49.9 Å². The van der Waals surface area contributed by atoms with Gasteiger partial charge in [-0.05, 0) is 54.6 Å². The summed E-state index contributed by atoms with van der Waals surface area (Å²) in [5.74, 6) is 1.13. The number of hydrogen-bond acceptors (Lipinski definition) is 1. The molecule has 1 aliphatic heterocycles. The van der Waals surface area contributed by atoms with E-state index >= 15 is 0 Å². The molecule has 0 spiro atoms. The number of rotatable bonds is 2. The van der Waals surface area contributed by atoms with Crippen molar-refractivity contribution in [3.63, 3.8) is 0 Å². The highest BCUT2D eigenvalue weighted by Gasteiger charge is 2.27. The third-order valence-corrected chi connectivity index (χ3v) is 8.43. The quantitative estimate of drug-likeness (QED) is 0.220. The molecule has 2 aromatic heterocycles. The van der Waals surface area contributed by atoms with Crippen molar-refractivity contribution in [3.05, 3.63) is 152 Å². The van der Waals surface area contributed by atoms with E-state index in [0.717, 1.165) is 17.2 Å². The Labute approximate surface area is 237 Å². The molecule has 6 aromatic carbocycles. The van der Waals surface area contributed by atoms with E-state index in [0.29, 0.717) is 0 Å². The van der Waals surface area contributed by atoms with E-state index in [-0.39, 0.29) is 0 Å². The molecule has 41 heavy (non-hydrogen) atoms. The average Bonchev–Trinajstić information content (AvgIpc) is 3.54. The number of anilines is 3. The lowest BCUT2D eigenvalue weighted by Crippen LogP contribution is -2.13. The molecule has 0 atom stereocenters. The standard InChI is InChI=1S/C38H25N3/c1-6-19-33-26(12-1)24-38-40(36-22-9-4-17-31(36)32-18-5-10-23-37(32)41(33)38)28-14-11-13-27(25-28)39-34-20-7-2-15-29(34)30-16-3-8-21-35(30)39/h1-25H. The lowest BCUT2D eigenvalue weighted by molar-refractivity contribution is 1.09. The van der Waals surface area contributed by atoms with E-state index < -0.39 is 0 Å². The maximum atomic E-state index is 2.42. The Morgan fingerprint density at radius 1 is 0.366 bits per heavy atom. The van der Waals surface area contributed by atoms with Gasteiger partial charge in [0.05, 0.1) is 27.9 Å². The maximum Gasteiger partial charge on any atom is 0.123 e. The Bertz CT molecular complexity index is 2230. The van der Waals surface area contributed by atoms with Crippen LogP contribution in [0.4, 0.5) is 17.2 Å². The molecular weight excluding hydrogens is 498 g/mol. The first kappa shape index (κ1) is 22.3. The zero-order chi connectivity index (χ0) is 26.9. The van der Waals surface area contributed by atoms with Crippen LogP contribution in [-0.4, -0.2) is 9.13 Å². The summed E-state index contributed by atoms with van der Waals surface area (Å²) in [5, 5.41) is 3.76. The Hall–Kier alpha value is -5.54. The van der Waals surface area contributed by atoms with Gasteiger partial charge in [-0.3, -0.25) is 9.47 Å². The number of hydrogen-bond donors (Lipinski definition) is 0. The first-order valence-electron chi connectivity index (χ1n) is 14.0. The molecule has 0 saturated heterocycles.